The van der Waals surface area contributed by atoms with Gasteiger partial charge in [0.2, 0.25) is 0 Å². The predicted molar refractivity (Wildman–Crippen MR) is 62.5 cm³/mol. The minimum absolute atomic E-state index is 0.135. The lowest BCUT2D eigenvalue weighted by molar-refractivity contribution is 0.612. The lowest BCUT2D eigenvalue weighted by atomic mass is 10.1. The summed E-state index contributed by atoms with van der Waals surface area (Å²) in [6, 6.07) is 6.11. The van der Waals surface area contributed by atoms with Gasteiger partial charge in [0.25, 0.3) is 5.56 Å². The summed E-state index contributed by atoms with van der Waals surface area (Å²) in [5.74, 6) is -0.869. The predicted octanol–water partition coefficient (Wildman–Crippen LogP) is 3.49. The molecule has 5 heteroatoms. The van der Waals surface area contributed by atoms with Gasteiger partial charge in [0.1, 0.15) is 0 Å². The molecule has 0 unspecified atom stereocenters. The molecule has 0 saturated heterocycles. The van der Waals surface area contributed by atoms with Gasteiger partial charge in [0.05, 0.1) is 0 Å². The Morgan fingerprint density at radius 2 is 1.88 bits per heavy atom. The molecule has 0 aliphatic heterocycles. The largest absolute Gasteiger partial charge is 0.327 e. The number of hydrogen-bond acceptors (Lipinski definition) is 1. The highest BCUT2D eigenvalue weighted by Gasteiger charge is 2.11. The standard InChI is InChI=1S/C11H6Cl2FNO/c12-6-1-2-9(13)8(5-6)7-3-4-15-11(16)10(7)14/h1-5H,(H,15,16). The van der Waals surface area contributed by atoms with Gasteiger partial charge in [-0.15, -0.1) is 0 Å². The van der Waals surface area contributed by atoms with E-state index in [4.69, 9.17) is 23.2 Å². The van der Waals surface area contributed by atoms with Gasteiger partial charge in [0, 0.05) is 27.4 Å². The summed E-state index contributed by atoms with van der Waals surface area (Å²) in [7, 11) is 0. The number of benzene rings is 1. The van der Waals surface area contributed by atoms with Gasteiger partial charge in [-0.1, -0.05) is 23.2 Å². The summed E-state index contributed by atoms with van der Waals surface area (Å²) in [6.07, 6.45) is 1.36. The monoisotopic (exact) mass is 257 g/mol. The zero-order valence-corrected chi connectivity index (χ0v) is 9.44. The second kappa shape index (κ2) is 4.28. The molecule has 0 spiro atoms. The van der Waals surface area contributed by atoms with Gasteiger partial charge < -0.3 is 4.98 Å². The Morgan fingerprint density at radius 3 is 2.62 bits per heavy atom. The molecule has 0 saturated carbocycles. The molecule has 0 fully saturated rings. The molecule has 1 aromatic carbocycles. The van der Waals surface area contributed by atoms with Crippen LogP contribution in [-0.4, -0.2) is 4.98 Å². The van der Waals surface area contributed by atoms with Crippen LogP contribution in [0, 0.1) is 5.82 Å². The van der Waals surface area contributed by atoms with E-state index in [0.717, 1.165) is 0 Å². The van der Waals surface area contributed by atoms with Crippen LogP contribution in [0.5, 0.6) is 0 Å². The number of rotatable bonds is 1. The molecule has 0 aliphatic carbocycles. The third-order valence-electron chi connectivity index (χ3n) is 2.12. The molecule has 16 heavy (non-hydrogen) atoms. The van der Waals surface area contributed by atoms with E-state index in [2.05, 4.69) is 4.98 Å². The summed E-state index contributed by atoms with van der Waals surface area (Å²) in [5.41, 5.74) is -0.248. The van der Waals surface area contributed by atoms with Gasteiger partial charge >= 0.3 is 0 Å². The SMILES string of the molecule is O=c1[nH]ccc(-c2cc(Cl)ccc2Cl)c1F. The van der Waals surface area contributed by atoms with E-state index in [0.29, 0.717) is 15.6 Å². The number of halogens is 3. The lowest BCUT2D eigenvalue weighted by Gasteiger charge is -2.05. The van der Waals surface area contributed by atoms with E-state index in [1.165, 1.54) is 18.3 Å². The van der Waals surface area contributed by atoms with Gasteiger partial charge in [-0.2, -0.15) is 0 Å². The first-order valence-electron chi connectivity index (χ1n) is 4.42. The quantitative estimate of drug-likeness (QED) is 0.834. The minimum atomic E-state index is -0.869. The van der Waals surface area contributed by atoms with E-state index in [9.17, 15) is 9.18 Å². The Balaban J connectivity index is 2.72. The smallest absolute Gasteiger partial charge is 0.284 e. The maximum Gasteiger partial charge on any atom is 0.284 e. The maximum atomic E-state index is 13.6. The molecule has 0 radical (unpaired) electrons. The second-order valence-electron chi connectivity index (χ2n) is 3.16. The number of nitrogens with one attached hydrogen (secondary N) is 1. The fourth-order valence-corrected chi connectivity index (χ4v) is 1.76. The molecule has 82 valence electrons. The molecule has 0 aliphatic rings. The van der Waals surface area contributed by atoms with Crippen LogP contribution < -0.4 is 5.56 Å². The highest BCUT2D eigenvalue weighted by atomic mass is 35.5. The average Bonchev–Trinajstić information content (AvgIpc) is 2.26. The van der Waals surface area contributed by atoms with Crippen LogP contribution in [0.4, 0.5) is 4.39 Å². The Bertz CT molecular complexity index is 595. The summed E-state index contributed by atoms with van der Waals surface area (Å²) in [5, 5.41) is 0.771. The van der Waals surface area contributed by atoms with E-state index < -0.39 is 11.4 Å². The molecule has 1 heterocycles. The highest BCUT2D eigenvalue weighted by Crippen LogP contribution is 2.30. The van der Waals surface area contributed by atoms with Crippen molar-refractivity contribution >= 4 is 23.2 Å². The molecule has 0 amide bonds. The lowest BCUT2D eigenvalue weighted by Crippen LogP contribution is -2.10. The molecular formula is C11H6Cl2FNO. The maximum absolute atomic E-state index is 13.6. The van der Waals surface area contributed by atoms with Crippen molar-refractivity contribution in [2.24, 2.45) is 0 Å². The van der Waals surface area contributed by atoms with Crippen LogP contribution in [0.25, 0.3) is 11.1 Å². The number of hydrogen-bond donors (Lipinski definition) is 1. The third kappa shape index (κ3) is 1.96. The molecule has 1 N–H and O–H groups in total. The molecule has 2 nitrogen and oxygen atoms in total. The third-order valence-corrected chi connectivity index (χ3v) is 2.68. The average molecular weight is 258 g/mol. The van der Waals surface area contributed by atoms with Gasteiger partial charge in [-0.25, -0.2) is 4.39 Å². The first-order valence-corrected chi connectivity index (χ1v) is 5.18. The Morgan fingerprint density at radius 1 is 1.12 bits per heavy atom. The topological polar surface area (TPSA) is 32.9 Å². The highest BCUT2D eigenvalue weighted by molar-refractivity contribution is 6.35. The van der Waals surface area contributed by atoms with E-state index >= 15 is 0 Å². The van der Waals surface area contributed by atoms with Crippen molar-refractivity contribution < 1.29 is 4.39 Å². The fourth-order valence-electron chi connectivity index (χ4n) is 1.37. The van der Waals surface area contributed by atoms with Gasteiger partial charge in [-0.3, -0.25) is 4.79 Å². The van der Waals surface area contributed by atoms with E-state index in [1.807, 2.05) is 0 Å². The van der Waals surface area contributed by atoms with Crippen LogP contribution >= 0.6 is 23.2 Å². The first kappa shape index (κ1) is 11.2. The van der Waals surface area contributed by atoms with Crippen molar-refractivity contribution in [2.45, 2.75) is 0 Å². The summed E-state index contributed by atoms with van der Waals surface area (Å²) >= 11 is 11.7. The second-order valence-corrected chi connectivity index (χ2v) is 4.00. The number of aromatic nitrogens is 1. The van der Waals surface area contributed by atoms with Crippen molar-refractivity contribution in [1.29, 1.82) is 0 Å². The fraction of sp³-hybridized carbons (Fsp3) is 0. The Hall–Kier alpha value is -1.32. The first-order chi connectivity index (χ1) is 7.59. The van der Waals surface area contributed by atoms with Crippen LogP contribution in [-0.2, 0) is 0 Å². The normalized spacial score (nSPS) is 10.4. The van der Waals surface area contributed by atoms with Crippen LogP contribution in [0.1, 0.15) is 0 Å². The molecule has 2 aromatic rings. The summed E-state index contributed by atoms with van der Waals surface area (Å²) in [6.45, 7) is 0. The van der Waals surface area contributed by atoms with Gasteiger partial charge in [0.15, 0.2) is 5.82 Å². The van der Waals surface area contributed by atoms with Crippen molar-refractivity contribution in [3.8, 4) is 11.1 Å². The van der Waals surface area contributed by atoms with Crippen LogP contribution in [0.2, 0.25) is 10.0 Å². The van der Waals surface area contributed by atoms with Crippen LogP contribution in [0.15, 0.2) is 35.3 Å². The number of aromatic amines is 1. The van der Waals surface area contributed by atoms with Gasteiger partial charge in [-0.05, 0) is 24.3 Å². The molecule has 0 atom stereocenters. The molecule has 1 aromatic heterocycles. The number of pyridine rings is 1. The van der Waals surface area contributed by atoms with Crippen LogP contribution in [0.3, 0.4) is 0 Å². The van der Waals surface area contributed by atoms with Crippen molar-refractivity contribution in [1.82, 2.24) is 4.98 Å². The Labute approximate surface area is 101 Å². The number of H-pyrrole nitrogens is 1. The zero-order chi connectivity index (χ0) is 11.7. The van der Waals surface area contributed by atoms with E-state index in [1.54, 1.807) is 12.1 Å². The Kier molecular flexibility index (Phi) is 2.99. The summed E-state index contributed by atoms with van der Waals surface area (Å²) in [4.78, 5) is 13.3. The molecule has 2 rings (SSSR count). The van der Waals surface area contributed by atoms with Crippen molar-refractivity contribution in [3.05, 3.63) is 56.7 Å². The van der Waals surface area contributed by atoms with Crippen molar-refractivity contribution in [3.63, 3.8) is 0 Å². The minimum Gasteiger partial charge on any atom is -0.327 e. The molecular weight excluding hydrogens is 252 g/mol. The zero-order valence-electron chi connectivity index (χ0n) is 7.93. The molecule has 0 bridgehead atoms. The summed E-state index contributed by atoms with van der Waals surface area (Å²) < 4.78 is 13.6. The van der Waals surface area contributed by atoms with Crippen molar-refractivity contribution in [2.75, 3.05) is 0 Å². The van der Waals surface area contributed by atoms with E-state index in [-0.39, 0.29) is 5.56 Å².